The van der Waals surface area contributed by atoms with Crippen LogP contribution >= 0.6 is 0 Å². The summed E-state index contributed by atoms with van der Waals surface area (Å²) in [6, 6.07) is 0. The highest BCUT2D eigenvalue weighted by atomic mass is 16.3. The van der Waals surface area contributed by atoms with E-state index in [0.29, 0.717) is 5.92 Å². The normalized spacial score (nSPS) is 31.9. The summed E-state index contributed by atoms with van der Waals surface area (Å²) < 4.78 is 0. The molecule has 2 atom stereocenters. The molecular formula is C17H32O. The number of aliphatic hydroxyl groups is 1. The van der Waals surface area contributed by atoms with Crippen molar-refractivity contribution < 1.29 is 5.11 Å². The Morgan fingerprint density at radius 3 is 2.17 bits per heavy atom. The molecule has 106 valence electrons. The molecule has 1 N–H and O–H groups in total. The van der Waals surface area contributed by atoms with Gasteiger partial charge < -0.3 is 5.11 Å². The zero-order chi connectivity index (χ0) is 13.1. The zero-order valence-electron chi connectivity index (χ0n) is 12.2. The summed E-state index contributed by atoms with van der Waals surface area (Å²) in [6.45, 7) is 2.26. The van der Waals surface area contributed by atoms with E-state index in [1.54, 1.807) is 0 Å². The molecule has 1 nitrogen and oxygen atoms in total. The number of aliphatic hydroxyl groups excluding tert-OH is 1. The molecule has 1 heteroatoms. The summed E-state index contributed by atoms with van der Waals surface area (Å²) in [5.74, 6) is 0.629. The lowest BCUT2D eigenvalue weighted by Crippen LogP contribution is -2.11. The minimum absolute atomic E-state index is 0.0682. The van der Waals surface area contributed by atoms with Gasteiger partial charge in [0.15, 0.2) is 0 Å². The van der Waals surface area contributed by atoms with Crippen LogP contribution in [0.2, 0.25) is 0 Å². The van der Waals surface area contributed by atoms with Crippen LogP contribution in [0.25, 0.3) is 0 Å². The molecule has 1 aliphatic rings. The topological polar surface area (TPSA) is 20.2 Å². The molecule has 0 saturated heterocycles. The first-order valence-electron chi connectivity index (χ1n) is 8.12. The third kappa shape index (κ3) is 8.74. The van der Waals surface area contributed by atoms with E-state index in [1.165, 1.54) is 57.8 Å². The van der Waals surface area contributed by atoms with E-state index in [9.17, 15) is 5.11 Å². The minimum atomic E-state index is -0.0682. The van der Waals surface area contributed by atoms with Crippen LogP contribution in [0, 0.1) is 5.92 Å². The second kappa shape index (κ2) is 10.6. The van der Waals surface area contributed by atoms with Crippen molar-refractivity contribution in [2.24, 2.45) is 5.92 Å². The molecule has 0 spiro atoms. The van der Waals surface area contributed by atoms with Crippen LogP contribution in [0.5, 0.6) is 0 Å². The Bertz CT molecular complexity index is 210. The van der Waals surface area contributed by atoms with E-state index in [1.807, 2.05) is 0 Å². The van der Waals surface area contributed by atoms with Gasteiger partial charge in [0.05, 0.1) is 6.10 Å². The molecule has 0 saturated carbocycles. The van der Waals surface area contributed by atoms with Crippen LogP contribution in [0.15, 0.2) is 12.2 Å². The monoisotopic (exact) mass is 252 g/mol. The van der Waals surface area contributed by atoms with Gasteiger partial charge >= 0.3 is 0 Å². The van der Waals surface area contributed by atoms with Crippen molar-refractivity contribution in [2.45, 2.75) is 90.1 Å². The van der Waals surface area contributed by atoms with Crippen molar-refractivity contribution in [3.05, 3.63) is 12.2 Å². The van der Waals surface area contributed by atoms with E-state index in [0.717, 1.165) is 19.3 Å². The zero-order valence-corrected chi connectivity index (χ0v) is 12.2. The largest absolute Gasteiger partial charge is 0.393 e. The van der Waals surface area contributed by atoms with Gasteiger partial charge in [0.2, 0.25) is 0 Å². The lowest BCUT2D eigenvalue weighted by molar-refractivity contribution is 0.133. The predicted molar refractivity (Wildman–Crippen MR) is 79.7 cm³/mol. The fourth-order valence-corrected chi connectivity index (χ4v) is 2.83. The van der Waals surface area contributed by atoms with Crippen LogP contribution in [0.1, 0.15) is 84.0 Å². The van der Waals surface area contributed by atoms with Crippen molar-refractivity contribution in [1.29, 1.82) is 0 Å². The van der Waals surface area contributed by atoms with Crippen LogP contribution in [0.3, 0.4) is 0 Å². The number of rotatable bonds is 0. The number of hydrogen-bond acceptors (Lipinski definition) is 1. The number of allylic oxidation sites excluding steroid dienone is 2. The maximum atomic E-state index is 9.97. The van der Waals surface area contributed by atoms with Gasteiger partial charge in [0.25, 0.3) is 0 Å². The van der Waals surface area contributed by atoms with Crippen molar-refractivity contribution in [3.8, 4) is 0 Å². The molecule has 18 heavy (non-hydrogen) atoms. The molecule has 0 aliphatic heterocycles. The molecule has 0 amide bonds. The third-order valence-electron chi connectivity index (χ3n) is 4.04. The van der Waals surface area contributed by atoms with Gasteiger partial charge in [-0.3, -0.25) is 0 Å². The highest BCUT2D eigenvalue weighted by Gasteiger charge is 2.09. The maximum Gasteiger partial charge on any atom is 0.0542 e. The summed E-state index contributed by atoms with van der Waals surface area (Å²) in [5, 5.41) is 9.97. The van der Waals surface area contributed by atoms with Gasteiger partial charge in [-0.15, -0.1) is 0 Å². The summed E-state index contributed by atoms with van der Waals surface area (Å²) in [6.07, 6.45) is 19.8. The minimum Gasteiger partial charge on any atom is -0.393 e. The summed E-state index contributed by atoms with van der Waals surface area (Å²) in [4.78, 5) is 0. The van der Waals surface area contributed by atoms with E-state index < -0.39 is 0 Å². The first-order valence-corrected chi connectivity index (χ1v) is 8.12. The Balaban J connectivity index is 2.27. The van der Waals surface area contributed by atoms with E-state index in [-0.39, 0.29) is 6.10 Å². The second-order valence-corrected chi connectivity index (χ2v) is 6.11. The van der Waals surface area contributed by atoms with Crippen LogP contribution < -0.4 is 0 Å². The summed E-state index contributed by atoms with van der Waals surface area (Å²) in [5.41, 5.74) is 0. The van der Waals surface area contributed by atoms with Crippen molar-refractivity contribution in [1.82, 2.24) is 0 Å². The first kappa shape index (κ1) is 15.8. The smallest absolute Gasteiger partial charge is 0.0542 e. The van der Waals surface area contributed by atoms with Crippen molar-refractivity contribution in [2.75, 3.05) is 0 Å². The quantitative estimate of drug-likeness (QED) is 0.585. The Kier molecular flexibility index (Phi) is 9.28. The third-order valence-corrected chi connectivity index (χ3v) is 4.04. The van der Waals surface area contributed by atoms with Gasteiger partial charge in [-0.2, -0.15) is 0 Å². The average Bonchev–Trinajstić information content (AvgIpc) is 2.33. The van der Waals surface area contributed by atoms with Crippen molar-refractivity contribution >= 4 is 0 Å². The van der Waals surface area contributed by atoms with Crippen LogP contribution in [0.4, 0.5) is 0 Å². The van der Waals surface area contributed by atoms with Crippen LogP contribution in [-0.2, 0) is 0 Å². The fraction of sp³-hybridized carbons (Fsp3) is 0.882. The lowest BCUT2D eigenvalue weighted by Gasteiger charge is -2.15. The maximum absolute atomic E-state index is 9.97. The molecule has 0 aromatic rings. The Morgan fingerprint density at radius 2 is 1.44 bits per heavy atom. The molecule has 0 aromatic heterocycles. The standard InChI is InChI=1S/C17H32O/c1-16-13-11-9-7-5-3-2-4-6-8-10-12-14-17(18)15-16/h9,11,16-18H,2-8,10,12-15H2,1H3/b11-9-. The molecule has 1 rings (SSSR count). The van der Waals surface area contributed by atoms with Crippen molar-refractivity contribution in [3.63, 3.8) is 0 Å². The Morgan fingerprint density at radius 1 is 0.833 bits per heavy atom. The van der Waals surface area contributed by atoms with Gasteiger partial charge in [0, 0.05) is 0 Å². The first-order chi connectivity index (χ1) is 8.79. The van der Waals surface area contributed by atoms with E-state index in [2.05, 4.69) is 19.1 Å². The van der Waals surface area contributed by atoms with E-state index in [4.69, 9.17) is 0 Å². The second-order valence-electron chi connectivity index (χ2n) is 6.11. The molecule has 0 heterocycles. The Hall–Kier alpha value is -0.300. The molecular weight excluding hydrogens is 220 g/mol. The van der Waals surface area contributed by atoms with Gasteiger partial charge in [-0.1, -0.05) is 64.0 Å². The van der Waals surface area contributed by atoms with Gasteiger partial charge in [-0.25, -0.2) is 0 Å². The number of hydrogen-bond donors (Lipinski definition) is 1. The van der Waals surface area contributed by atoms with Crippen LogP contribution in [-0.4, -0.2) is 11.2 Å². The Labute approximate surface area is 114 Å². The average molecular weight is 252 g/mol. The summed E-state index contributed by atoms with van der Waals surface area (Å²) in [7, 11) is 0. The molecule has 0 radical (unpaired) electrons. The fourth-order valence-electron chi connectivity index (χ4n) is 2.83. The van der Waals surface area contributed by atoms with Gasteiger partial charge in [-0.05, 0) is 38.0 Å². The molecule has 1 aliphatic carbocycles. The summed E-state index contributed by atoms with van der Waals surface area (Å²) >= 11 is 0. The lowest BCUT2D eigenvalue weighted by atomic mass is 9.96. The van der Waals surface area contributed by atoms with E-state index >= 15 is 0 Å². The SMILES string of the molecule is CC1C/C=C\CCCCCCCCCCC(O)C1. The highest BCUT2D eigenvalue weighted by Crippen LogP contribution is 2.17. The molecule has 0 fully saturated rings. The molecule has 2 unspecified atom stereocenters. The highest BCUT2D eigenvalue weighted by molar-refractivity contribution is 4.83. The molecule has 0 aromatic carbocycles. The predicted octanol–water partition coefficient (Wildman–Crippen LogP) is 5.23. The molecule has 0 bridgehead atoms. The van der Waals surface area contributed by atoms with Gasteiger partial charge in [0.1, 0.15) is 0 Å².